The Morgan fingerprint density at radius 1 is 1.33 bits per heavy atom. The summed E-state index contributed by atoms with van der Waals surface area (Å²) in [5.74, 6) is 4.97. The van der Waals surface area contributed by atoms with Crippen LogP contribution in [0.2, 0.25) is 0 Å². The van der Waals surface area contributed by atoms with E-state index in [2.05, 4.69) is 29.1 Å². The molecule has 2 rings (SSSR count). The summed E-state index contributed by atoms with van der Waals surface area (Å²) in [6, 6.07) is 8.25. The molecule has 1 atom stereocenters. The smallest absolute Gasteiger partial charge is 0.147 e. The zero-order valence-corrected chi connectivity index (χ0v) is 8.52. The second-order valence-electron chi connectivity index (χ2n) is 3.51. The van der Waals surface area contributed by atoms with Crippen molar-refractivity contribution in [2.45, 2.75) is 12.5 Å². The molecule has 1 saturated heterocycles. The second kappa shape index (κ2) is 5.23. The molecule has 1 aromatic carbocycles. The average molecular weight is 209 g/mol. The molecule has 0 radical (unpaired) electrons. The summed E-state index contributed by atoms with van der Waals surface area (Å²) in [6.07, 6.45) is 0.920. The summed E-state index contributed by atoms with van der Waals surface area (Å²) in [5, 5.41) is 0. The molecule has 4 nitrogen and oxygen atoms in total. The third-order valence-corrected chi connectivity index (χ3v) is 2.48. The zero-order valence-electron chi connectivity index (χ0n) is 8.52. The van der Waals surface area contributed by atoms with Gasteiger partial charge in [-0.3, -0.25) is 0 Å². The Kier molecular flexibility index (Phi) is 3.69. The van der Waals surface area contributed by atoms with Gasteiger partial charge in [-0.05, 0) is 17.5 Å². The molecule has 1 unspecified atom stereocenters. The highest BCUT2D eigenvalue weighted by Crippen LogP contribution is 2.22. The minimum atomic E-state index is 0.0878. The van der Waals surface area contributed by atoms with Crippen LogP contribution >= 0.6 is 0 Å². The molecule has 0 aliphatic carbocycles. The second-order valence-corrected chi connectivity index (χ2v) is 3.51. The van der Waals surface area contributed by atoms with Crippen molar-refractivity contribution in [2.75, 3.05) is 20.0 Å². The van der Waals surface area contributed by atoms with Gasteiger partial charge in [-0.15, -0.1) is 0 Å². The lowest BCUT2D eigenvalue weighted by atomic mass is 10.1. The van der Waals surface area contributed by atoms with Crippen LogP contribution in [0.5, 0.6) is 0 Å². The van der Waals surface area contributed by atoms with Crippen LogP contribution in [0.1, 0.15) is 17.2 Å². The summed E-state index contributed by atoms with van der Waals surface area (Å²) in [6.45, 7) is 1.58. The van der Waals surface area contributed by atoms with Crippen LogP contribution in [0.25, 0.3) is 0 Å². The average Bonchev–Trinajstić information content (AvgIpc) is 2.80. The number of hydrogen-bond acceptors (Lipinski definition) is 4. The van der Waals surface area contributed by atoms with E-state index in [9.17, 15) is 0 Å². The number of hydrogen-bond donors (Lipinski definition) is 1. The first-order chi connectivity index (χ1) is 7.40. The van der Waals surface area contributed by atoms with Crippen molar-refractivity contribution in [2.24, 2.45) is 5.90 Å². The number of ether oxygens (including phenoxy) is 2. The Morgan fingerprint density at radius 3 is 2.73 bits per heavy atom. The predicted octanol–water partition coefficient (Wildman–Crippen LogP) is 1.16. The summed E-state index contributed by atoms with van der Waals surface area (Å²) < 4.78 is 10.5. The monoisotopic (exact) mass is 209 g/mol. The molecule has 82 valence electrons. The lowest BCUT2D eigenvalue weighted by Crippen LogP contribution is -2.04. The molecule has 1 heterocycles. The van der Waals surface area contributed by atoms with Crippen LogP contribution in [0, 0.1) is 0 Å². The Labute approximate surface area is 88.9 Å². The molecule has 1 fully saturated rings. The maximum absolute atomic E-state index is 5.39. The van der Waals surface area contributed by atoms with Crippen LogP contribution < -0.4 is 5.90 Å². The van der Waals surface area contributed by atoms with Gasteiger partial charge >= 0.3 is 0 Å². The maximum atomic E-state index is 5.39. The highest BCUT2D eigenvalue weighted by atomic mass is 16.7. The topological polar surface area (TPSA) is 53.7 Å². The standard InChI is InChI=1S/C11H15NO3/c12-15-6-5-9-1-3-10(4-2-9)11-7-13-8-14-11/h1-4,11H,5-8,12H2. The van der Waals surface area contributed by atoms with Gasteiger partial charge in [-0.2, -0.15) is 0 Å². The van der Waals surface area contributed by atoms with E-state index in [1.54, 1.807) is 0 Å². The zero-order chi connectivity index (χ0) is 10.5. The maximum Gasteiger partial charge on any atom is 0.147 e. The summed E-state index contributed by atoms with van der Waals surface area (Å²) in [4.78, 5) is 4.53. The van der Waals surface area contributed by atoms with E-state index in [0.717, 1.165) is 12.0 Å². The van der Waals surface area contributed by atoms with Gasteiger partial charge in [0.15, 0.2) is 0 Å². The molecular formula is C11H15NO3. The SMILES string of the molecule is NOCCc1ccc(C2COCO2)cc1. The number of rotatable bonds is 4. The Morgan fingerprint density at radius 2 is 2.13 bits per heavy atom. The molecule has 0 spiro atoms. The normalized spacial score (nSPS) is 20.7. The van der Waals surface area contributed by atoms with Gasteiger partial charge in [0.1, 0.15) is 12.9 Å². The van der Waals surface area contributed by atoms with Gasteiger partial charge in [-0.25, -0.2) is 5.90 Å². The van der Waals surface area contributed by atoms with E-state index in [1.807, 2.05) is 0 Å². The number of nitrogens with two attached hydrogens (primary N) is 1. The lowest BCUT2D eigenvalue weighted by Gasteiger charge is -2.08. The van der Waals surface area contributed by atoms with Gasteiger partial charge in [0.05, 0.1) is 13.2 Å². The molecule has 1 aliphatic heterocycles. The molecule has 0 aromatic heterocycles. The van der Waals surface area contributed by atoms with Crippen molar-refractivity contribution in [3.05, 3.63) is 35.4 Å². The molecule has 0 saturated carbocycles. The van der Waals surface area contributed by atoms with Crippen molar-refractivity contribution in [3.63, 3.8) is 0 Å². The van der Waals surface area contributed by atoms with Crippen molar-refractivity contribution < 1.29 is 14.3 Å². The van der Waals surface area contributed by atoms with Crippen molar-refractivity contribution >= 4 is 0 Å². The van der Waals surface area contributed by atoms with Gasteiger partial charge in [0.25, 0.3) is 0 Å². The Bertz CT molecular complexity index is 293. The molecule has 0 bridgehead atoms. The van der Waals surface area contributed by atoms with Gasteiger partial charge in [-0.1, -0.05) is 24.3 Å². The van der Waals surface area contributed by atoms with Gasteiger partial charge < -0.3 is 14.3 Å². The Balaban J connectivity index is 1.96. The fourth-order valence-electron chi connectivity index (χ4n) is 1.60. The molecule has 1 aromatic rings. The van der Waals surface area contributed by atoms with Gasteiger partial charge in [0.2, 0.25) is 0 Å². The minimum Gasteiger partial charge on any atom is -0.352 e. The summed E-state index contributed by atoms with van der Waals surface area (Å²) in [7, 11) is 0. The van der Waals surface area contributed by atoms with E-state index < -0.39 is 0 Å². The van der Waals surface area contributed by atoms with E-state index in [0.29, 0.717) is 20.0 Å². The highest BCUT2D eigenvalue weighted by molar-refractivity contribution is 5.24. The molecular weight excluding hydrogens is 194 g/mol. The predicted molar refractivity (Wildman–Crippen MR) is 54.9 cm³/mol. The van der Waals surface area contributed by atoms with Crippen LogP contribution in [-0.4, -0.2) is 20.0 Å². The van der Waals surface area contributed by atoms with E-state index in [-0.39, 0.29) is 6.10 Å². The fourth-order valence-corrected chi connectivity index (χ4v) is 1.60. The third-order valence-electron chi connectivity index (χ3n) is 2.48. The van der Waals surface area contributed by atoms with E-state index >= 15 is 0 Å². The first-order valence-electron chi connectivity index (χ1n) is 5.00. The molecule has 2 N–H and O–H groups in total. The Hall–Kier alpha value is -0.940. The minimum absolute atomic E-state index is 0.0878. The van der Waals surface area contributed by atoms with Crippen LogP contribution in [-0.2, 0) is 20.7 Å². The van der Waals surface area contributed by atoms with Crippen LogP contribution in [0.4, 0.5) is 0 Å². The quantitative estimate of drug-likeness (QED) is 0.756. The number of benzene rings is 1. The summed E-state index contributed by atoms with van der Waals surface area (Å²) in [5.41, 5.74) is 2.37. The van der Waals surface area contributed by atoms with Crippen molar-refractivity contribution in [3.8, 4) is 0 Å². The van der Waals surface area contributed by atoms with Gasteiger partial charge in [0, 0.05) is 0 Å². The van der Waals surface area contributed by atoms with Crippen molar-refractivity contribution in [1.29, 1.82) is 0 Å². The molecule has 15 heavy (non-hydrogen) atoms. The lowest BCUT2D eigenvalue weighted by molar-refractivity contribution is 0.0466. The van der Waals surface area contributed by atoms with Crippen molar-refractivity contribution in [1.82, 2.24) is 0 Å². The molecule has 0 amide bonds. The largest absolute Gasteiger partial charge is 0.352 e. The highest BCUT2D eigenvalue weighted by Gasteiger charge is 2.17. The first kappa shape index (κ1) is 10.6. The third kappa shape index (κ3) is 2.76. The summed E-state index contributed by atoms with van der Waals surface area (Å²) >= 11 is 0. The first-order valence-corrected chi connectivity index (χ1v) is 5.00. The fraction of sp³-hybridized carbons (Fsp3) is 0.455. The van der Waals surface area contributed by atoms with Crippen LogP contribution in [0.3, 0.4) is 0 Å². The van der Waals surface area contributed by atoms with Crippen LogP contribution in [0.15, 0.2) is 24.3 Å². The van der Waals surface area contributed by atoms with E-state index in [1.165, 1.54) is 5.56 Å². The van der Waals surface area contributed by atoms with E-state index in [4.69, 9.17) is 15.4 Å². The molecule has 4 heteroatoms. The molecule has 1 aliphatic rings.